The molecule has 0 aliphatic carbocycles. The van der Waals surface area contributed by atoms with Crippen molar-refractivity contribution in [1.82, 2.24) is 0 Å². The van der Waals surface area contributed by atoms with Gasteiger partial charge in [0, 0.05) is 16.2 Å². The smallest absolute Gasteiger partial charge is 0.170 e. The third-order valence-corrected chi connectivity index (χ3v) is 3.97. The van der Waals surface area contributed by atoms with Gasteiger partial charge in [-0.2, -0.15) is 0 Å². The molecule has 0 amide bonds. The van der Waals surface area contributed by atoms with E-state index in [9.17, 15) is 0 Å². The van der Waals surface area contributed by atoms with E-state index in [-0.39, 0.29) is 5.84 Å². The van der Waals surface area contributed by atoms with Crippen molar-refractivity contribution in [1.29, 1.82) is 0 Å². The summed E-state index contributed by atoms with van der Waals surface area (Å²) in [6.07, 6.45) is 0. The van der Waals surface area contributed by atoms with Crippen LogP contribution in [0, 0.1) is 6.92 Å². The minimum absolute atomic E-state index is 0.135. The van der Waals surface area contributed by atoms with Crippen LogP contribution in [0.1, 0.15) is 16.7 Å². The second kappa shape index (κ2) is 6.29. The van der Waals surface area contributed by atoms with Crippen molar-refractivity contribution >= 4 is 17.6 Å². The Kier molecular flexibility index (Phi) is 4.47. The van der Waals surface area contributed by atoms with E-state index in [1.54, 1.807) is 11.8 Å². The van der Waals surface area contributed by atoms with Crippen LogP contribution < -0.4 is 5.73 Å². The molecule has 0 atom stereocenters. The Bertz CT molecular complexity index is 579. The Hall–Kier alpha value is -1.94. The van der Waals surface area contributed by atoms with Crippen LogP contribution in [0.15, 0.2) is 58.6 Å². The standard InChI is InChI=1S/C15H16N2OS/c1-11-4-2-3-5-13(11)10-19-14-8-6-12(7-9-14)15(16)17-18/h2-9,18H,10H2,1H3,(H2,16,17). The predicted molar refractivity (Wildman–Crippen MR) is 79.7 cm³/mol. The third-order valence-electron chi connectivity index (χ3n) is 2.91. The summed E-state index contributed by atoms with van der Waals surface area (Å²) in [5.41, 5.74) is 8.90. The molecule has 2 aromatic carbocycles. The maximum atomic E-state index is 8.60. The third kappa shape index (κ3) is 3.51. The molecule has 0 unspecified atom stereocenters. The molecule has 3 N–H and O–H groups in total. The molecule has 0 saturated heterocycles. The lowest BCUT2D eigenvalue weighted by Crippen LogP contribution is -2.12. The van der Waals surface area contributed by atoms with E-state index >= 15 is 0 Å². The summed E-state index contributed by atoms with van der Waals surface area (Å²) in [4.78, 5) is 1.16. The average Bonchev–Trinajstić information content (AvgIpc) is 2.46. The van der Waals surface area contributed by atoms with E-state index < -0.39 is 0 Å². The SMILES string of the molecule is Cc1ccccc1CSc1ccc(C(N)=NO)cc1. The number of thioether (sulfide) groups is 1. The van der Waals surface area contributed by atoms with Crippen LogP contribution in [-0.2, 0) is 5.75 Å². The summed E-state index contributed by atoms with van der Waals surface area (Å²) in [5.74, 6) is 1.07. The summed E-state index contributed by atoms with van der Waals surface area (Å²) in [6.45, 7) is 2.12. The summed E-state index contributed by atoms with van der Waals surface area (Å²) in [6, 6.07) is 16.1. The minimum atomic E-state index is 0.135. The first-order valence-electron chi connectivity index (χ1n) is 5.96. The highest BCUT2D eigenvalue weighted by molar-refractivity contribution is 7.98. The first-order chi connectivity index (χ1) is 9.20. The molecule has 2 rings (SSSR count). The van der Waals surface area contributed by atoms with Gasteiger partial charge in [-0.15, -0.1) is 11.8 Å². The maximum absolute atomic E-state index is 8.60. The maximum Gasteiger partial charge on any atom is 0.170 e. The van der Waals surface area contributed by atoms with Gasteiger partial charge < -0.3 is 10.9 Å². The Morgan fingerprint density at radius 1 is 1.16 bits per heavy atom. The van der Waals surface area contributed by atoms with E-state index in [1.807, 2.05) is 24.3 Å². The van der Waals surface area contributed by atoms with Crippen molar-refractivity contribution in [2.75, 3.05) is 0 Å². The number of hydrogen-bond donors (Lipinski definition) is 2. The van der Waals surface area contributed by atoms with Crippen LogP contribution in [0.5, 0.6) is 0 Å². The van der Waals surface area contributed by atoms with Gasteiger partial charge in [0.1, 0.15) is 0 Å². The summed E-state index contributed by atoms with van der Waals surface area (Å²) >= 11 is 1.77. The van der Waals surface area contributed by atoms with Gasteiger partial charge in [-0.05, 0) is 30.2 Å². The van der Waals surface area contributed by atoms with Gasteiger partial charge in [-0.3, -0.25) is 0 Å². The zero-order valence-electron chi connectivity index (χ0n) is 10.7. The molecule has 0 radical (unpaired) electrons. The molecule has 19 heavy (non-hydrogen) atoms. The highest BCUT2D eigenvalue weighted by atomic mass is 32.2. The molecule has 0 heterocycles. The van der Waals surface area contributed by atoms with Crippen molar-refractivity contribution in [2.24, 2.45) is 10.9 Å². The quantitative estimate of drug-likeness (QED) is 0.295. The second-order valence-electron chi connectivity index (χ2n) is 4.22. The molecule has 0 aromatic heterocycles. The fourth-order valence-electron chi connectivity index (χ4n) is 1.71. The minimum Gasteiger partial charge on any atom is -0.409 e. The van der Waals surface area contributed by atoms with Crippen LogP contribution in [0.4, 0.5) is 0 Å². The Balaban J connectivity index is 2.03. The molecule has 4 heteroatoms. The van der Waals surface area contributed by atoms with Crippen molar-refractivity contribution in [3.05, 3.63) is 65.2 Å². The summed E-state index contributed by atoms with van der Waals surface area (Å²) in [7, 11) is 0. The van der Waals surface area contributed by atoms with Gasteiger partial charge in [0.25, 0.3) is 0 Å². The number of rotatable bonds is 4. The van der Waals surface area contributed by atoms with Gasteiger partial charge in [0.2, 0.25) is 0 Å². The molecule has 0 bridgehead atoms. The fraction of sp³-hybridized carbons (Fsp3) is 0.133. The summed E-state index contributed by atoms with van der Waals surface area (Å²) in [5, 5.41) is 11.6. The van der Waals surface area contributed by atoms with Crippen molar-refractivity contribution < 1.29 is 5.21 Å². The Labute approximate surface area is 117 Å². The lowest BCUT2D eigenvalue weighted by molar-refractivity contribution is 0.318. The van der Waals surface area contributed by atoms with Gasteiger partial charge in [-0.1, -0.05) is 41.6 Å². The monoisotopic (exact) mass is 272 g/mol. The van der Waals surface area contributed by atoms with Crippen molar-refractivity contribution in [3.63, 3.8) is 0 Å². The van der Waals surface area contributed by atoms with E-state index in [4.69, 9.17) is 10.9 Å². The molecule has 2 aromatic rings. The zero-order valence-corrected chi connectivity index (χ0v) is 11.5. The molecule has 0 aliphatic rings. The largest absolute Gasteiger partial charge is 0.409 e. The van der Waals surface area contributed by atoms with Crippen LogP contribution >= 0.6 is 11.8 Å². The van der Waals surface area contributed by atoms with E-state index in [0.717, 1.165) is 16.2 Å². The number of oxime groups is 1. The predicted octanol–water partition coefficient (Wildman–Crippen LogP) is 3.38. The Morgan fingerprint density at radius 2 is 1.84 bits per heavy atom. The normalized spacial score (nSPS) is 11.5. The Morgan fingerprint density at radius 3 is 2.47 bits per heavy atom. The van der Waals surface area contributed by atoms with Gasteiger partial charge in [0.15, 0.2) is 5.84 Å². The first kappa shape index (κ1) is 13.5. The average molecular weight is 272 g/mol. The topological polar surface area (TPSA) is 58.6 Å². The van der Waals surface area contributed by atoms with E-state index in [1.165, 1.54) is 11.1 Å². The van der Waals surface area contributed by atoms with Crippen molar-refractivity contribution in [2.45, 2.75) is 17.6 Å². The molecular formula is C15H16N2OS. The van der Waals surface area contributed by atoms with Crippen LogP contribution in [-0.4, -0.2) is 11.0 Å². The van der Waals surface area contributed by atoms with Gasteiger partial charge in [0.05, 0.1) is 0 Å². The van der Waals surface area contributed by atoms with Crippen molar-refractivity contribution in [3.8, 4) is 0 Å². The van der Waals surface area contributed by atoms with E-state index in [2.05, 4.69) is 36.3 Å². The number of nitrogens with zero attached hydrogens (tertiary/aromatic N) is 1. The number of nitrogens with two attached hydrogens (primary N) is 1. The fourth-order valence-corrected chi connectivity index (χ4v) is 2.69. The molecule has 98 valence electrons. The highest BCUT2D eigenvalue weighted by Crippen LogP contribution is 2.24. The lowest BCUT2D eigenvalue weighted by atomic mass is 10.1. The van der Waals surface area contributed by atoms with Gasteiger partial charge in [-0.25, -0.2) is 0 Å². The lowest BCUT2D eigenvalue weighted by Gasteiger charge is -2.06. The zero-order chi connectivity index (χ0) is 13.7. The highest BCUT2D eigenvalue weighted by Gasteiger charge is 2.01. The molecule has 0 spiro atoms. The van der Waals surface area contributed by atoms with Crippen LogP contribution in [0.3, 0.4) is 0 Å². The second-order valence-corrected chi connectivity index (χ2v) is 5.27. The number of hydrogen-bond acceptors (Lipinski definition) is 3. The van der Waals surface area contributed by atoms with Crippen LogP contribution in [0.2, 0.25) is 0 Å². The molecular weight excluding hydrogens is 256 g/mol. The number of aryl methyl sites for hydroxylation is 1. The number of amidine groups is 1. The molecule has 3 nitrogen and oxygen atoms in total. The van der Waals surface area contributed by atoms with Gasteiger partial charge >= 0.3 is 0 Å². The van der Waals surface area contributed by atoms with Crippen LogP contribution in [0.25, 0.3) is 0 Å². The molecule has 0 fully saturated rings. The number of benzene rings is 2. The summed E-state index contributed by atoms with van der Waals surface area (Å²) < 4.78 is 0. The molecule has 0 saturated carbocycles. The first-order valence-corrected chi connectivity index (χ1v) is 6.94. The molecule has 0 aliphatic heterocycles. The van der Waals surface area contributed by atoms with E-state index in [0.29, 0.717) is 0 Å².